The highest BCUT2D eigenvalue weighted by molar-refractivity contribution is 6.76. The van der Waals surface area contributed by atoms with Crippen LogP contribution >= 0.6 is 0 Å². The summed E-state index contributed by atoms with van der Waals surface area (Å²) in [7, 11) is -0.162. The van der Waals surface area contributed by atoms with Gasteiger partial charge in [-0.2, -0.15) is 31.4 Å². The number of nitrogens with one attached hydrogen (secondary N) is 1. The molecule has 1 aliphatic heterocycles. The van der Waals surface area contributed by atoms with Crippen molar-refractivity contribution in [3.05, 3.63) is 29.8 Å². The molecule has 2 aliphatic rings. The zero-order chi connectivity index (χ0) is 35.7. The Morgan fingerprint density at radius 2 is 1.77 bits per heavy atom. The Balaban J connectivity index is 1.52. The zero-order valence-electron chi connectivity index (χ0n) is 27.0. The summed E-state index contributed by atoms with van der Waals surface area (Å²) in [6, 6.07) is 0.110. The van der Waals surface area contributed by atoms with Gasteiger partial charge in [0.25, 0.3) is 5.91 Å². The molecule has 18 heteroatoms. The van der Waals surface area contributed by atoms with Gasteiger partial charge in [0.1, 0.15) is 12.8 Å². The maximum Gasteiger partial charge on any atom is 0.417 e. The number of alkyl halides is 6. The van der Waals surface area contributed by atoms with Gasteiger partial charge in [-0.05, 0) is 50.6 Å². The summed E-state index contributed by atoms with van der Waals surface area (Å²) in [5.74, 6) is -3.76. The Kier molecular flexibility index (Phi) is 11.2. The van der Waals surface area contributed by atoms with E-state index < -0.39 is 93.2 Å². The number of carbonyl (C=O) groups excluding carboxylic acids is 2. The minimum atomic E-state index is -4.93. The molecule has 0 unspecified atom stereocenters. The van der Waals surface area contributed by atoms with Crippen molar-refractivity contribution >= 4 is 19.9 Å². The number of nitrogens with zero attached hydrogens (tertiary/aromatic N) is 4. The molecule has 0 radical (unpaired) electrons. The van der Waals surface area contributed by atoms with Gasteiger partial charge in [0, 0.05) is 44.8 Å². The second kappa shape index (κ2) is 14.3. The highest BCUT2D eigenvalue weighted by atomic mass is 28.3. The van der Waals surface area contributed by atoms with Crippen molar-refractivity contribution in [2.75, 3.05) is 20.3 Å². The van der Waals surface area contributed by atoms with E-state index in [-0.39, 0.29) is 43.1 Å². The molecule has 2 N–H and O–H groups in total. The number of aromatic nitrogens is 3. The number of ether oxygens (including phenoxy) is 2. The number of amides is 2. The van der Waals surface area contributed by atoms with Gasteiger partial charge in [0.15, 0.2) is 17.1 Å². The average molecular weight is 712 g/mol. The number of likely N-dealkylation sites (tertiary alicyclic amines) is 1. The molecule has 1 saturated heterocycles. The molecule has 48 heavy (non-hydrogen) atoms. The monoisotopic (exact) mass is 711 g/mol. The van der Waals surface area contributed by atoms with E-state index in [1.165, 1.54) is 23.9 Å². The summed E-state index contributed by atoms with van der Waals surface area (Å²) in [4.78, 5) is 31.0. The molecule has 0 spiro atoms. The van der Waals surface area contributed by atoms with Crippen molar-refractivity contribution in [3.63, 3.8) is 0 Å². The van der Waals surface area contributed by atoms with E-state index >= 15 is 0 Å². The molecule has 2 amide bonds. The molecule has 2 atom stereocenters. The van der Waals surface area contributed by atoms with Crippen LogP contribution in [0.3, 0.4) is 0 Å². The lowest BCUT2D eigenvalue weighted by molar-refractivity contribution is -0.270. The van der Waals surface area contributed by atoms with Gasteiger partial charge in [-0.15, -0.1) is 0 Å². The van der Waals surface area contributed by atoms with Crippen molar-refractivity contribution in [1.29, 1.82) is 0 Å². The van der Waals surface area contributed by atoms with Crippen molar-refractivity contribution < 1.29 is 54.9 Å². The van der Waals surface area contributed by atoms with Gasteiger partial charge in [0.05, 0.1) is 19.0 Å². The third-order valence-electron chi connectivity index (χ3n) is 8.82. The molecule has 10 nitrogen and oxygen atoms in total. The van der Waals surface area contributed by atoms with Gasteiger partial charge >= 0.3 is 12.4 Å². The second-order valence-corrected chi connectivity index (χ2v) is 19.2. The Labute approximate surface area is 274 Å². The number of rotatable bonds is 10. The number of piperidine rings is 1. The quantitative estimate of drug-likeness (QED) is 0.189. The summed E-state index contributed by atoms with van der Waals surface area (Å²) >= 11 is 0. The molecule has 268 valence electrons. The fourth-order valence-corrected chi connectivity index (χ4v) is 6.60. The fraction of sp³-hybridized carbons (Fsp3) is 0.667. The van der Waals surface area contributed by atoms with Gasteiger partial charge in [-0.3, -0.25) is 9.59 Å². The lowest BCUT2D eigenvalue weighted by atomic mass is 9.81. The second-order valence-electron chi connectivity index (χ2n) is 13.6. The van der Waals surface area contributed by atoms with Gasteiger partial charge < -0.3 is 24.8 Å². The lowest BCUT2D eigenvalue weighted by Crippen LogP contribution is -2.56. The summed E-state index contributed by atoms with van der Waals surface area (Å²) in [6.45, 7) is 6.08. The van der Waals surface area contributed by atoms with Crippen LogP contribution in [0.15, 0.2) is 18.3 Å². The Morgan fingerprint density at radius 3 is 2.35 bits per heavy atom. The van der Waals surface area contributed by atoms with E-state index in [2.05, 4.69) is 35.0 Å². The van der Waals surface area contributed by atoms with Crippen molar-refractivity contribution in [1.82, 2.24) is 25.0 Å². The maximum absolute atomic E-state index is 14.9. The smallest absolute Gasteiger partial charge is 0.417 e. The fourth-order valence-electron chi connectivity index (χ4n) is 5.84. The SMILES string of the molecule is COc1cc(-c2cc(C(=O)N3CC[C@H](C(=O)N[C@H]4CC[C@@](O)(C(F)(F)F)CC4)C[C@@H]3C(F)(F)F)nn2COCC[Si](C)(C)C)c(F)cn1. The molecule has 4 rings (SSSR count). The predicted molar refractivity (Wildman–Crippen MR) is 161 cm³/mol. The van der Waals surface area contributed by atoms with Crippen LogP contribution in [0.2, 0.25) is 25.7 Å². The van der Waals surface area contributed by atoms with Crippen LogP contribution in [0.25, 0.3) is 11.3 Å². The van der Waals surface area contributed by atoms with E-state index in [1.807, 2.05) is 0 Å². The molecule has 2 fully saturated rings. The standard InChI is InChI=1S/C30H40F7N5O5Si/c1-46-25-14-20(21(31)16-38-25)23-15-22(40-42(23)17-47-11-12-48(2,3)4)27(44)41-10-7-18(13-24(41)29(32,33)34)26(43)39-19-5-8-28(45,9-6-19)30(35,36)37/h14-16,18-19,24,45H,5-13,17H2,1-4H3,(H,39,43)/t18-,19-,24+,28-/m0/s1. The van der Waals surface area contributed by atoms with E-state index in [4.69, 9.17) is 9.47 Å². The zero-order valence-corrected chi connectivity index (χ0v) is 28.0. The first-order valence-corrected chi connectivity index (χ1v) is 19.3. The molecule has 1 saturated carbocycles. The van der Waals surface area contributed by atoms with Crippen LogP contribution in [0.4, 0.5) is 30.7 Å². The Morgan fingerprint density at radius 1 is 1.10 bits per heavy atom. The maximum atomic E-state index is 14.9. The molecule has 0 bridgehead atoms. The van der Waals surface area contributed by atoms with Crippen molar-refractivity contribution in [2.45, 2.75) is 101 Å². The number of hydrogen-bond acceptors (Lipinski definition) is 7. The van der Waals surface area contributed by atoms with Crippen molar-refractivity contribution in [2.24, 2.45) is 5.92 Å². The van der Waals surface area contributed by atoms with Crippen LogP contribution in [0.5, 0.6) is 5.88 Å². The summed E-state index contributed by atoms with van der Waals surface area (Å²) in [5, 5.41) is 16.6. The van der Waals surface area contributed by atoms with Gasteiger partial charge in [-0.25, -0.2) is 14.1 Å². The molecule has 1 aliphatic carbocycles. The van der Waals surface area contributed by atoms with E-state index in [0.717, 1.165) is 12.2 Å². The molecular formula is C30H40F7N5O5Si. The van der Waals surface area contributed by atoms with Crippen LogP contribution in [-0.4, -0.2) is 95.0 Å². The Hall–Kier alpha value is -3.25. The first-order valence-electron chi connectivity index (χ1n) is 15.5. The van der Waals surface area contributed by atoms with Crippen LogP contribution in [0.1, 0.15) is 49.0 Å². The van der Waals surface area contributed by atoms with Gasteiger partial charge in [0.2, 0.25) is 11.8 Å². The van der Waals surface area contributed by atoms with Gasteiger partial charge in [-0.1, -0.05) is 19.6 Å². The summed E-state index contributed by atoms with van der Waals surface area (Å²) in [6.07, 6.45) is -11.5. The normalized spacial score (nSPS) is 24.0. The first-order chi connectivity index (χ1) is 22.2. The van der Waals surface area contributed by atoms with E-state index in [0.29, 0.717) is 11.5 Å². The summed E-state index contributed by atoms with van der Waals surface area (Å²) < 4.78 is 109. The lowest BCUT2D eigenvalue weighted by Gasteiger charge is -2.40. The van der Waals surface area contributed by atoms with Crippen LogP contribution < -0.4 is 10.1 Å². The van der Waals surface area contributed by atoms with Crippen LogP contribution in [0, 0.1) is 11.7 Å². The third kappa shape index (κ3) is 8.85. The molecule has 2 aromatic rings. The predicted octanol–water partition coefficient (Wildman–Crippen LogP) is 5.54. The number of carbonyl (C=O) groups is 2. The minimum Gasteiger partial charge on any atom is -0.481 e. The molecular weight excluding hydrogens is 671 g/mol. The van der Waals surface area contributed by atoms with E-state index in [1.54, 1.807) is 0 Å². The number of methoxy groups -OCH3 is 1. The number of halogens is 7. The topological polar surface area (TPSA) is 119 Å². The first kappa shape index (κ1) is 37.6. The highest BCUT2D eigenvalue weighted by Gasteiger charge is 2.55. The van der Waals surface area contributed by atoms with Crippen LogP contribution in [-0.2, 0) is 16.3 Å². The number of hydrogen-bond donors (Lipinski definition) is 2. The Bertz CT molecular complexity index is 1450. The minimum absolute atomic E-state index is 0.0484. The third-order valence-corrected chi connectivity index (χ3v) is 10.5. The molecule has 2 aromatic heterocycles. The van der Waals surface area contributed by atoms with E-state index in [9.17, 15) is 45.4 Å². The number of aliphatic hydroxyl groups is 1. The molecule has 3 heterocycles. The molecule has 0 aromatic carbocycles. The summed E-state index contributed by atoms with van der Waals surface area (Å²) in [5.41, 5.74) is -3.29. The largest absolute Gasteiger partial charge is 0.481 e. The highest BCUT2D eigenvalue weighted by Crippen LogP contribution is 2.42. The average Bonchev–Trinajstić information content (AvgIpc) is 3.42. The van der Waals surface area contributed by atoms with Crippen molar-refractivity contribution in [3.8, 4) is 17.1 Å². The number of pyridine rings is 1.